The van der Waals surface area contributed by atoms with Crippen molar-refractivity contribution in [3.05, 3.63) is 46.8 Å². The van der Waals surface area contributed by atoms with Gasteiger partial charge in [0.2, 0.25) is 5.88 Å². The lowest BCUT2D eigenvalue weighted by Crippen LogP contribution is -2.00. The Labute approximate surface area is 105 Å². The number of nitrogens with zero attached hydrogens (tertiary/aromatic N) is 2. The van der Waals surface area contributed by atoms with E-state index in [0.717, 1.165) is 4.47 Å². The zero-order valence-electron chi connectivity index (χ0n) is 8.50. The zero-order chi connectivity index (χ0) is 12.3. The van der Waals surface area contributed by atoms with Crippen molar-refractivity contribution < 1.29 is 14.6 Å². The smallest absolute Gasteiger partial charge is 0.354 e. The maximum Gasteiger partial charge on any atom is 0.354 e. The SMILES string of the molecule is O=C(O)c1cccc(Oc2cncc(Br)c2)n1. The first-order valence-corrected chi connectivity index (χ1v) is 5.43. The first kappa shape index (κ1) is 11.5. The molecule has 17 heavy (non-hydrogen) atoms. The molecule has 0 aromatic carbocycles. The molecule has 0 unspecified atom stereocenters. The number of rotatable bonds is 3. The second-order valence-electron chi connectivity index (χ2n) is 3.11. The topological polar surface area (TPSA) is 72.3 Å². The Morgan fingerprint density at radius 2 is 2.18 bits per heavy atom. The summed E-state index contributed by atoms with van der Waals surface area (Å²) < 4.78 is 6.15. The molecular weight excluding hydrogens is 288 g/mol. The second kappa shape index (κ2) is 4.92. The maximum atomic E-state index is 10.7. The minimum atomic E-state index is -1.09. The summed E-state index contributed by atoms with van der Waals surface area (Å²) in [5.74, 6) is -0.401. The Morgan fingerprint density at radius 1 is 1.35 bits per heavy atom. The summed E-state index contributed by atoms with van der Waals surface area (Å²) in [6, 6.07) is 6.25. The summed E-state index contributed by atoms with van der Waals surface area (Å²) in [7, 11) is 0. The van der Waals surface area contributed by atoms with E-state index in [-0.39, 0.29) is 11.6 Å². The van der Waals surface area contributed by atoms with Gasteiger partial charge in [-0.3, -0.25) is 4.98 Å². The van der Waals surface area contributed by atoms with Crippen LogP contribution in [0.3, 0.4) is 0 Å². The summed E-state index contributed by atoms with van der Waals surface area (Å²) in [6.45, 7) is 0. The predicted molar refractivity (Wildman–Crippen MR) is 63.2 cm³/mol. The number of aromatic nitrogens is 2. The van der Waals surface area contributed by atoms with Crippen LogP contribution in [0.4, 0.5) is 0 Å². The van der Waals surface area contributed by atoms with Gasteiger partial charge in [0, 0.05) is 16.7 Å². The maximum absolute atomic E-state index is 10.7. The van der Waals surface area contributed by atoms with Crippen LogP contribution < -0.4 is 4.74 Å². The Hall–Kier alpha value is -1.95. The van der Waals surface area contributed by atoms with Gasteiger partial charge in [0.15, 0.2) is 5.69 Å². The molecule has 1 N–H and O–H groups in total. The highest BCUT2D eigenvalue weighted by Gasteiger charge is 2.06. The van der Waals surface area contributed by atoms with Crippen LogP contribution in [-0.4, -0.2) is 21.0 Å². The molecule has 0 radical (unpaired) electrons. The van der Waals surface area contributed by atoms with Crippen molar-refractivity contribution in [2.45, 2.75) is 0 Å². The molecule has 0 saturated heterocycles. The molecule has 5 nitrogen and oxygen atoms in total. The third-order valence-corrected chi connectivity index (χ3v) is 2.28. The highest BCUT2D eigenvalue weighted by Crippen LogP contribution is 2.21. The van der Waals surface area contributed by atoms with Crippen molar-refractivity contribution in [2.75, 3.05) is 0 Å². The van der Waals surface area contributed by atoms with Gasteiger partial charge in [0.1, 0.15) is 5.75 Å². The quantitative estimate of drug-likeness (QED) is 0.942. The van der Waals surface area contributed by atoms with Gasteiger partial charge in [-0.05, 0) is 28.1 Å². The fourth-order valence-electron chi connectivity index (χ4n) is 1.16. The van der Waals surface area contributed by atoms with E-state index >= 15 is 0 Å². The summed E-state index contributed by atoms with van der Waals surface area (Å²) in [6.07, 6.45) is 3.13. The normalized spacial score (nSPS) is 9.94. The second-order valence-corrected chi connectivity index (χ2v) is 4.02. The Kier molecular flexibility index (Phi) is 3.34. The average Bonchev–Trinajstić information content (AvgIpc) is 2.29. The number of aromatic carboxylic acids is 1. The number of pyridine rings is 2. The number of halogens is 1. The summed E-state index contributed by atoms with van der Waals surface area (Å²) in [5.41, 5.74) is -0.0644. The molecule has 2 aromatic rings. The highest BCUT2D eigenvalue weighted by molar-refractivity contribution is 9.10. The van der Waals surface area contributed by atoms with E-state index in [1.807, 2.05) is 0 Å². The van der Waals surface area contributed by atoms with Gasteiger partial charge >= 0.3 is 5.97 Å². The molecule has 86 valence electrons. The molecule has 0 amide bonds. The van der Waals surface area contributed by atoms with E-state index in [2.05, 4.69) is 25.9 Å². The Morgan fingerprint density at radius 3 is 2.88 bits per heavy atom. The lowest BCUT2D eigenvalue weighted by atomic mass is 10.3. The zero-order valence-corrected chi connectivity index (χ0v) is 10.1. The number of carboxylic acids is 1. The van der Waals surface area contributed by atoms with Crippen LogP contribution in [0.15, 0.2) is 41.1 Å². The van der Waals surface area contributed by atoms with Gasteiger partial charge in [-0.2, -0.15) is 0 Å². The van der Waals surface area contributed by atoms with Crippen molar-refractivity contribution in [3.63, 3.8) is 0 Å². The summed E-state index contributed by atoms with van der Waals surface area (Å²) in [5, 5.41) is 8.78. The van der Waals surface area contributed by atoms with Crippen LogP contribution in [0.5, 0.6) is 11.6 Å². The first-order valence-electron chi connectivity index (χ1n) is 4.64. The monoisotopic (exact) mass is 294 g/mol. The Bertz CT molecular complexity index is 560. The third-order valence-electron chi connectivity index (χ3n) is 1.84. The fourth-order valence-corrected chi connectivity index (χ4v) is 1.50. The van der Waals surface area contributed by atoms with Crippen LogP contribution in [0.2, 0.25) is 0 Å². The predicted octanol–water partition coefficient (Wildman–Crippen LogP) is 2.73. The Balaban J connectivity index is 2.24. The van der Waals surface area contributed by atoms with Gasteiger partial charge in [0.25, 0.3) is 0 Å². The molecule has 0 aliphatic carbocycles. The van der Waals surface area contributed by atoms with E-state index in [4.69, 9.17) is 9.84 Å². The number of carboxylic acid groups (broad SMARTS) is 1. The van der Waals surface area contributed by atoms with Crippen molar-refractivity contribution >= 4 is 21.9 Å². The van der Waals surface area contributed by atoms with Gasteiger partial charge in [-0.1, -0.05) is 6.07 Å². The number of ether oxygens (including phenoxy) is 1. The highest BCUT2D eigenvalue weighted by atomic mass is 79.9. The van der Waals surface area contributed by atoms with Gasteiger partial charge in [-0.25, -0.2) is 9.78 Å². The molecule has 6 heteroatoms. The summed E-state index contributed by atoms with van der Waals surface area (Å²) >= 11 is 3.26. The van der Waals surface area contributed by atoms with Crippen molar-refractivity contribution in [1.82, 2.24) is 9.97 Å². The van der Waals surface area contributed by atoms with Crippen LogP contribution in [0.1, 0.15) is 10.5 Å². The van der Waals surface area contributed by atoms with Crippen molar-refractivity contribution in [1.29, 1.82) is 0 Å². The van der Waals surface area contributed by atoms with Crippen LogP contribution in [-0.2, 0) is 0 Å². The lowest BCUT2D eigenvalue weighted by Gasteiger charge is -2.04. The molecule has 2 aromatic heterocycles. The molecule has 0 saturated carbocycles. The molecular formula is C11H7BrN2O3. The number of hydrogen-bond donors (Lipinski definition) is 1. The molecule has 0 aliphatic heterocycles. The summed E-state index contributed by atoms with van der Waals surface area (Å²) in [4.78, 5) is 18.5. The van der Waals surface area contributed by atoms with Crippen molar-refractivity contribution in [2.24, 2.45) is 0 Å². The lowest BCUT2D eigenvalue weighted by molar-refractivity contribution is 0.0689. The van der Waals surface area contributed by atoms with Gasteiger partial charge in [-0.15, -0.1) is 0 Å². The van der Waals surface area contributed by atoms with E-state index < -0.39 is 5.97 Å². The minimum Gasteiger partial charge on any atom is -0.477 e. The van der Waals surface area contributed by atoms with Crippen molar-refractivity contribution in [3.8, 4) is 11.6 Å². The molecule has 0 aliphatic rings. The van der Waals surface area contributed by atoms with E-state index in [1.54, 1.807) is 24.4 Å². The van der Waals surface area contributed by atoms with E-state index in [0.29, 0.717) is 5.75 Å². The molecule has 0 atom stereocenters. The fraction of sp³-hybridized carbons (Fsp3) is 0. The molecule has 0 spiro atoms. The van der Waals surface area contributed by atoms with Gasteiger partial charge in [0.05, 0.1) is 6.20 Å². The average molecular weight is 295 g/mol. The molecule has 2 heterocycles. The van der Waals surface area contributed by atoms with Crippen LogP contribution >= 0.6 is 15.9 Å². The minimum absolute atomic E-state index is 0.0644. The van der Waals surface area contributed by atoms with E-state index in [1.165, 1.54) is 12.3 Å². The third kappa shape index (κ3) is 3.01. The largest absolute Gasteiger partial charge is 0.477 e. The number of hydrogen-bond acceptors (Lipinski definition) is 4. The molecule has 0 fully saturated rings. The molecule has 2 rings (SSSR count). The van der Waals surface area contributed by atoms with Crippen LogP contribution in [0, 0.1) is 0 Å². The number of carbonyl (C=O) groups is 1. The molecule has 0 bridgehead atoms. The van der Waals surface area contributed by atoms with E-state index in [9.17, 15) is 4.79 Å². The standard InChI is InChI=1S/C11H7BrN2O3/c12-7-4-8(6-13-5-7)17-10-3-1-2-9(14-10)11(15)16/h1-6H,(H,15,16). The first-order chi connectivity index (χ1) is 8.15. The van der Waals surface area contributed by atoms with Gasteiger partial charge < -0.3 is 9.84 Å². The van der Waals surface area contributed by atoms with Crippen LogP contribution in [0.25, 0.3) is 0 Å².